The largest absolute Gasteiger partial charge is 0.497 e. The van der Waals surface area contributed by atoms with E-state index in [2.05, 4.69) is 4.98 Å². The van der Waals surface area contributed by atoms with Crippen LogP contribution in [0.4, 0.5) is 0 Å². The first-order valence-electron chi connectivity index (χ1n) is 9.40. The summed E-state index contributed by atoms with van der Waals surface area (Å²) in [5.41, 5.74) is 2.63. The fraction of sp³-hybridized carbons (Fsp3) is 0.136. The van der Waals surface area contributed by atoms with Gasteiger partial charge < -0.3 is 4.74 Å². The van der Waals surface area contributed by atoms with Crippen molar-refractivity contribution in [2.75, 3.05) is 7.11 Å². The van der Waals surface area contributed by atoms with E-state index in [1.165, 1.54) is 11.6 Å². The van der Waals surface area contributed by atoms with Crippen LogP contribution in [-0.4, -0.2) is 30.2 Å². The SMILES string of the molecule is COc1ccc(-n2c(-c3ccccc3)cn3c4c(=O)n(C)c(=O)n(C)c4nc23)cc1. The van der Waals surface area contributed by atoms with Gasteiger partial charge in [-0.3, -0.25) is 22.9 Å². The molecule has 3 heterocycles. The standard InChI is InChI=1S/C22H19N5O3/c1-24-19-18(20(28)25(2)22(24)29)26-13-17(14-7-5-4-6-8-14)27(21(26)23-19)15-9-11-16(30-3)12-10-15/h4-13H,1-3H3. The number of aryl methyl sites for hydroxylation is 1. The van der Waals surface area contributed by atoms with Crippen molar-refractivity contribution in [1.82, 2.24) is 23.1 Å². The zero-order valence-corrected chi connectivity index (χ0v) is 16.7. The lowest BCUT2D eigenvalue weighted by Gasteiger charge is -2.10. The number of fused-ring (bicyclic) bond motifs is 3. The summed E-state index contributed by atoms with van der Waals surface area (Å²) in [6.45, 7) is 0. The predicted molar refractivity (Wildman–Crippen MR) is 114 cm³/mol. The minimum Gasteiger partial charge on any atom is -0.497 e. The van der Waals surface area contributed by atoms with Gasteiger partial charge in [-0.1, -0.05) is 30.3 Å². The number of hydrogen-bond acceptors (Lipinski definition) is 4. The molecule has 30 heavy (non-hydrogen) atoms. The molecular weight excluding hydrogens is 382 g/mol. The van der Waals surface area contributed by atoms with Gasteiger partial charge in [0.2, 0.25) is 5.78 Å². The Hall–Kier alpha value is -4.07. The van der Waals surface area contributed by atoms with E-state index in [4.69, 9.17) is 4.74 Å². The minimum atomic E-state index is -0.410. The Morgan fingerprint density at radius 1 is 0.900 bits per heavy atom. The lowest BCUT2D eigenvalue weighted by Crippen LogP contribution is -2.37. The summed E-state index contributed by atoms with van der Waals surface area (Å²) in [7, 11) is 4.71. The van der Waals surface area contributed by atoms with Crippen molar-refractivity contribution in [2.45, 2.75) is 0 Å². The minimum absolute atomic E-state index is 0.347. The van der Waals surface area contributed by atoms with E-state index < -0.39 is 5.69 Å². The molecule has 0 amide bonds. The van der Waals surface area contributed by atoms with Crippen LogP contribution in [0.15, 0.2) is 70.4 Å². The molecule has 0 aliphatic carbocycles. The molecule has 0 aliphatic rings. The number of benzene rings is 2. The average molecular weight is 401 g/mol. The van der Waals surface area contributed by atoms with E-state index in [9.17, 15) is 9.59 Å². The molecular formula is C22H19N5O3. The number of rotatable bonds is 3. The van der Waals surface area contributed by atoms with E-state index in [1.54, 1.807) is 18.6 Å². The zero-order valence-electron chi connectivity index (χ0n) is 16.7. The molecule has 5 aromatic rings. The highest BCUT2D eigenvalue weighted by molar-refractivity contribution is 5.79. The van der Waals surface area contributed by atoms with Crippen LogP contribution in [0.25, 0.3) is 33.9 Å². The molecule has 150 valence electrons. The van der Waals surface area contributed by atoms with Gasteiger partial charge in [-0.05, 0) is 24.3 Å². The lowest BCUT2D eigenvalue weighted by atomic mass is 10.1. The second-order valence-electron chi connectivity index (χ2n) is 7.07. The molecule has 0 fully saturated rings. The summed E-state index contributed by atoms with van der Waals surface area (Å²) in [4.78, 5) is 30.0. The highest BCUT2D eigenvalue weighted by Gasteiger charge is 2.21. The number of nitrogens with zero attached hydrogens (tertiary/aromatic N) is 5. The maximum Gasteiger partial charge on any atom is 0.332 e. The van der Waals surface area contributed by atoms with Gasteiger partial charge in [-0.15, -0.1) is 0 Å². The summed E-state index contributed by atoms with van der Waals surface area (Å²) in [6, 6.07) is 17.5. The van der Waals surface area contributed by atoms with E-state index in [1.807, 2.05) is 65.4 Å². The van der Waals surface area contributed by atoms with Crippen molar-refractivity contribution in [2.24, 2.45) is 14.1 Å². The van der Waals surface area contributed by atoms with Crippen LogP contribution in [0.1, 0.15) is 0 Å². The molecule has 8 heteroatoms. The first kappa shape index (κ1) is 18.0. The topological polar surface area (TPSA) is 75.5 Å². The fourth-order valence-corrected chi connectivity index (χ4v) is 3.77. The molecule has 0 N–H and O–H groups in total. The monoisotopic (exact) mass is 401 g/mol. The molecule has 0 spiro atoms. The number of methoxy groups -OCH3 is 1. The first-order chi connectivity index (χ1) is 14.5. The summed E-state index contributed by atoms with van der Waals surface area (Å²) in [5, 5.41) is 0. The summed E-state index contributed by atoms with van der Waals surface area (Å²) >= 11 is 0. The van der Waals surface area contributed by atoms with Crippen LogP contribution >= 0.6 is 0 Å². The fourth-order valence-electron chi connectivity index (χ4n) is 3.77. The highest BCUT2D eigenvalue weighted by Crippen LogP contribution is 2.29. The molecule has 0 aliphatic heterocycles. The predicted octanol–water partition coefficient (Wildman–Crippen LogP) is 2.35. The smallest absolute Gasteiger partial charge is 0.332 e. The molecule has 0 bridgehead atoms. The molecule has 0 atom stereocenters. The van der Waals surface area contributed by atoms with Gasteiger partial charge in [0.25, 0.3) is 5.56 Å². The molecule has 0 unspecified atom stereocenters. The molecule has 5 rings (SSSR count). The second-order valence-corrected chi connectivity index (χ2v) is 7.07. The van der Waals surface area contributed by atoms with Gasteiger partial charge in [0, 0.05) is 31.5 Å². The first-order valence-corrected chi connectivity index (χ1v) is 9.40. The van der Waals surface area contributed by atoms with Crippen molar-refractivity contribution in [3.63, 3.8) is 0 Å². The van der Waals surface area contributed by atoms with Gasteiger partial charge >= 0.3 is 5.69 Å². The quantitative estimate of drug-likeness (QED) is 0.465. The normalized spacial score (nSPS) is 11.4. The van der Waals surface area contributed by atoms with Crippen molar-refractivity contribution in [1.29, 1.82) is 0 Å². The maximum atomic E-state index is 12.9. The van der Waals surface area contributed by atoms with Gasteiger partial charge in [0.15, 0.2) is 11.2 Å². The molecule has 2 aromatic carbocycles. The number of hydrogen-bond donors (Lipinski definition) is 0. The van der Waals surface area contributed by atoms with E-state index >= 15 is 0 Å². The Kier molecular flexibility index (Phi) is 3.89. The van der Waals surface area contributed by atoms with E-state index in [0.29, 0.717) is 16.9 Å². The van der Waals surface area contributed by atoms with Crippen LogP contribution in [0.5, 0.6) is 5.75 Å². The van der Waals surface area contributed by atoms with Crippen LogP contribution < -0.4 is 16.0 Å². The van der Waals surface area contributed by atoms with Crippen molar-refractivity contribution in [3.8, 4) is 22.7 Å². The number of aromatic nitrogens is 5. The summed E-state index contributed by atoms with van der Waals surface area (Å²) < 4.78 is 11.5. The Morgan fingerprint density at radius 2 is 1.60 bits per heavy atom. The van der Waals surface area contributed by atoms with Crippen molar-refractivity contribution >= 4 is 16.9 Å². The van der Waals surface area contributed by atoms with Gasteiger partial charge in [0.05, 0.1) is 12.8 Å². The van der Waals surface area contributed by atoms with Crippen LogP contribution in [0, 0.1) is 0 Å². The average Bonchev–Trinajstić information content (AvgIpc) is 3.33. The Bertz CT molecular complexity index is 1520. The zero-order chi connectivity index (χ0) is 21.0. The van der Waals surface area contributed by atoms with E-state index in [0.717, 1.165) is 27.3 Å². The third-order valence-corrected chi connectivity index (χ3v) is 5.37. The molecule has 0 radical (unpaired) electrons. The van der Waals surface area contributed by atoms with Crippen LogP contribution in [0.2, 0.25) is 0 Å². The van der Waals surface area contributed by atoms with E-state index in [-0.39, 0.29) is 5.56 Å². The van der Waals surface area contributed by atoms with Gasteiger partial charge in [0.1, 0.15) is 5.75 Å². The van der Waals surface area contributed by atoms with Crippen molar-refractivity contribution in [3.05, 3.63) is 81.6 Å². The Morgan fingerprint density at radius 3 is 2.27 bits per heavy atom. The lowest BCUT2D eigenvalue weighted by molar-refractivity contribution is 0.415. The Labute approximate surface area is 170 Å². The number of ether oxygens (including phenoxy) is 1. The third-order valence-electron chi connectivity index (χ3n) is 5.37. The summed E-state index contributed by atoms with van der Waals surface area (Å²) in [6.07, 6.45) is 1.89. The maximum absolute atomic E-state index is 12.9. The number of imidazole rings is 2. The van der Waals surface area contributed by atoms with Gasteiger partial charge in [-0.2, -0.15) is 4.98 Å². The van der Waals surface area contributed by atoms with Crippen LogP contribution in [0.3, 0.4) is 0 Å². The highest BCUT2D eigenvalue weighted by atomic mass is 16.5. The second kappa shape index (κ2) is 6.48. The molecule has 0 saturated carbocycles. The summed E-state index contributed by atoms with van der Waals surface area (Å²) in [5.74, 6) is 1.29. The molecule has 3 aromatic heterocycles. The third kappa shape index (κ3) is 2.43. The van der Waals surface area contributed by atoms with Gasteiger partial charge in [-0.25, -0.2) is 4.79 Å². The Balaban J connectivity index is 1.94. The van der Waals surface area contributed by atoms with Crippen LogP contribution in [-0.2, 0) is 14.1 Å². The van der Waals surface area contributed by atoms with Crippen molar-refractivity contribution < 1.29 is 4.74 Å². The molecule has 0 saturated heterocycles. The molecule has 8 nitrogen and oxygen atoms in total.